The molecule has 0 unspecified atom stereocenters. The normalized spacial score (nSPS) is 18.2. The van der Waals surface area contributed by atoms with Crippen LogP contribution in [0.2, 0.25) is 0 Å². The quantitative estimate of drug-likeness (QED) is 0.528. The molecule has 3 heterocycles. The number of hydrogen-bond acceptors (Lipinski definition) is 6. The van der Waals surface area contributed by atoms with Crippen molar-refractivity contribution >= 4 is 22.9 Å². The van der Waals surface area contributed by atoms with E-state index in [1.165, 1.54) is 5.56 Å². The Labute approximate surface area is 218 Å². The molecule has 37 heavy (non-hydrogen) atoms. The molecule has 0 aliphatic carbocycles. The Morgan fingerprint density at radius 1 is 1.05 bits per heavy atom. The lowest BCUT2D eigenvalue weighted by Gasteiger charge is -2.34. The monoisotopic (exact) mass is 504 g/mol. The number of fused-ring (bicyclic) bond motifs is 1. The van der Waals surface area contributed by atoms with Gasteiger partial charge >= 0.3 is 0 Å². The molecule has 0 radical (unpaired) electrons. The van der Waals surface area contributed by atoms with Crippen LogP contribution in [0.3, 0.4) is 0 Å². The average molecular weight is 505 g/mol. The zero-order chi connectivity index (χ0) is 25.8. The fraction of sp³-hybridized carbons (Fsp3) is 0.483. The van der Waals surface area contributed by atoms with Crippen LogP contribution >= 0.6 is 0 Å². The first-order valence-corrected chi connectivity index (χ1v) is 13.3. The molecule has 1 aromatic heterocycles. The zero-order valence-electron chi connectivity index (χ0n) is 21.7. The molecule has 1 N–H and O–H groups in total. The highest BCUT2D eigenvalue weighted by molar-refractivity contribution is 5.97. The van der Waals surface area contributed by atoms with Crippen LogP contribution in [0.4, 0.5) is 0 Å². The second-order valence-electron chi connectivity index (χ2n) is 10.2. The molecule has 2 amide bonds. The number of nitrogens with one attached hydrogen (secondary N) is 1. The fourth-order valence-corrected chi connectivity index (χ4v) is 5.20. The van der Waals surface area contributed by atoms with Crippen LogP contribution in [0.1, 0.15) is 35.7 Å². The number of oxazole rings is 1. The molecule has 0 saturated carbocycles. The number of carbonyl (C=O) groups excluding carboxylic acids is 2. The van der Waals surface area contributed by atoms with Crippen molar-refractivity contribution in [3.63, 3.8) is 0 Å². The lowest BCUT2D eigenvalue weighted by molar-refractivity contribution is -0.126. The van der Waals surface area contributed by atoms with E-state index in [0.717, 1.165) is 51.3 Å². The molecule has 2 saturated heterocycles. The molecule has 2 aliphatic rings. The number of morpholine rings is 1. The number of aromatic nitrogens is 1. The van der Waals surface area contributed by atoms with Gasteiger partial charge in [0.2, 0.25) is 11.8 Å². The maximum absolute atomic E-state index is 13.2. The van der Waals surface area contributed by atoms with Crippen molar-refractivity contribution in [2.75, 3.05) is 52.5 Å². The van der Waals surface area contributed by atoms with Gasteiger partial charge in [0.15, 0.2) is 5.58 Å². The first-order chi connectivity index (χ1) is 18.0. The lowest BCUT2D eigenvalue weighted by atomic mass is 9.84. The van der Waals surface area contributed by atoms with Crippen molar-refractivity contribution in [3.05, 3.63) is 53.6 Å². The van der Waals surface area contributed by atoms with E-state index in [2.05, 4.69) is 15.2 Å². The van der Waals surface area contributed by atoms with Gasteiger partial charge in [-0.25, -0.2) is 4.98 Å². The van der Waals surface area contributed by atoms with Crippen LogP contribution in [0.25, 0.3) is 22.6 Å². The molecule has 0 bridgehead atoms. The molecular weight excluding hydrogens is 468 g/mol. The van der Waals surface area contributed by atoms with E-state index in [4.69, 9.17) is 9.15 Å². The molecule has 8 heteroatoms. The topological polar surface area (TPSA) is 87.9 Å². The second-order valence-corrected chi connectivity index (χ2v) is 10.2. The van der Waals surface area contributed by atoms with Crippen molar-refractivity contribution in [2.24, 2.45) is 11.8 Å². The van der Waals surface area contributed by atoms with Gasteiger partial charge in [-0.2, -0.15) is 0 Å². The Morgan fingerprint density at radius 3 is 2.51 bits per heavy atom. The third-order valence-electron chi connectivity index (χ3n) is 7.71. The van der Waals surface area contributed by atoms with Crippen molar-refractivity contribution in [3.8, 4) is 11.5 Å². The van der Waals surface area contributed by atoms with Gasteiger partial charge < -0.3 is 19.4 Å². The predicted molar refractivity (Wildman–Crippen MR) is 142 cm³/mol. The van der Waals surface area contributed by atoms with Crippen LogP contribution in [0, 0.1) is 18.8 Å². The Bertz CT molecular complexity index is 1220. The smallest absolute Gasteiger partial charge is 0.253 e. The minimum absolute atomic E-state index is 0.00264. The minimum atomic E-state index is -0.0615. The van der Waals surface area contributed by atoms with Gasteiger partial charge in [-0.15, -0.1) is 0 Å². The third kappa shape index (κ3) is 6.02. The molecule has 0 spiro atoms. The number of piperidine rings is 1. The van der Waals surface area contributed by atoms with Crippen LogP contribution in [0.5, 0.6) is 0 Å². The number of nitrogens with zero attached hydrogens (tertiary/aromatic N) is 3. The summed E-state index contributed by atoms with van der Waals surface area (Å²) in [5.74, 6) is 0.885. The van der Waals surface area contributed by atoms with E-state index < -0.39 is 0 Å². The van der Waals surface area contributed by atoms with Gasteiger partial charge in [-0.05, 0) is 56.0 Å². The molecule has 5 rings (SSSR count). The maximum atomic E-state index is 13.2. The number of carbonyl (C=O) groups is 2. The van der Waals surface area contributed by atoms with E-state index in [0.29, 0.717) is 42.2 Å². The number of amides is 2. The maximum Gasteiger partial charge on any atom is 0.253 e. The second kappa shape index (κ2) is 11.4. The van der Waals surface area contributed by atoms with E-state index in [1.807, 2.05) is 61.2 Å². The van der Waals surface area contributed by atoms with E-state index in [9.17, 15) is 9.59 Å². The summed E-state index contributed by atoms with van der Waals surface area (Å²) in [6.45, 7) is 10.3. The van der Waals surface area contributed by atoms with Crippen LogP contribution in [-0.4, -0.2) is 79.1 Å². The summed E-state index contributed by atoms with van der Waals surface area (Å²) in [5, 5.41) is 3.10. The molecule has 3 aromatic rings. The van der Waals surface area contributed by atoms with Gasteiger partial charge in [0.05, 0.1) is 13.2 Å². The Morgan fingerprint density at radius 2 is 1.78 bits per heavy atom. The largest absolute Gasteiger partial charge is 0.436 e. The summed E-state index contributed by atoms with van der Waals surface area (Å²) in [5.41, 5.74) is 4.05. The minimum Gasteiger partial charge on any atom is -0.436 e. The predicted octanol–water partition coefficient (Wildman–Crippen LogP) is 3.74. The lowest BCUT2D eigenvalue weighted by Crippen LogP contribution is -2.45. The summed E-state index contributed by atoms with van der Waals surface area (Å²) >= 11 is 0. The summed E-state index contributed by atoms with van der Waals surface area (Å²) in [7, 11) is 0. The van der Waals surface area contributed by atoms with Crippen molar-refractivity contribution in [2.45, 2.75) is 26.7 Å². The van der Waals surface area contributed by atoms with E-state index in [-0.39, 0.29) is 23.7 Å². The average Bonchev–Trinajstić information content (AvgIpc) is 3.37. The molecule has 2 fully saturated rings. The molecule has 196 valence electrons. The van der Waals surface area contributed by atoms with E-state index >= 15 is 0 Å². The van der Waals surface area contributed by atoms with Crippen LogP contribution in [0.15, 0.2) is 46.9 Å². The number of hydrogen-bond donors (Lipinski definition) is 1. The number of rotatable bonds is 7. The number of likely N-dealkylation sites (tertiary alicyclic amines) is 1. The Kier molecular flexibility index (Phi) is 7.86. The summed E-state index contributed by atoms with van der Waals surface area (Å²) < 4.78 is 11.3. The van der Waals surface area contributed by atoms with Crippen LogP contribution in [-0.2, 0) is 9.53 Å². The highest BCUT2D eigenvalue weighted by Gasteiger charge is 2.30. The van der Waals surface area contributed by atoms with Gasteiger partial charge in [0, 0.05) is 56.3 Å². The number of ether oxygens (including phenoxy) is 1. The molecule has 1 atom stereocenters. The highest BCUT2D eigenvalue weighted by Crippen LogP contribution is 2.28. The SMILES string of the molecule is Cc1ccc(-c2nc3cc(C(=O)N4CCC([C@@H](C)C(=O)NCCN5CCOCC5)CC4)ccc3o2)cc1. The number of benzene rings is 2. The number of aryl methyl sites for hydroxylation is 1. The van der Waals surface area contributed by atoms with Gasteiger partial charge in [-0.3, -0.25) is 14.5 Å². The zero-order valence-corrected chi connectivity index (χ0v) is 21.7. The molecule has 2 aromatic carbocycles. The Hall–Kier alpha value is -3.23. The Balaban J connectivity index is 1.13. The fourth-order valence-electron chi connectivity index (χ4n) is 5.20. The first-order valence-electron chi connectivity index (χ1n) is 13.3. The van der Waals surface area contributed by atoms with Crippen molar-refractivity contribution < 1.29 is 18.7 Å². The van der Waals surface area contributed by atoms with Crippen molar-refractivity contribution in [1.82, 2.24) is 20.1 Å². The van der Waals surface area contributed by atoms with Gasteiger partial charge in [-0.1, -0.05) is 24.6 Å². The van der Waals surface area contributed by atoms with Gasteiger partial charge in [0.25, 0.3) is 5.91 Å². The highest BCUT2D eigenvalue weighted by atomic mass is 16.5. The summed E-state index contributed by atoms with van der Waals surface area (Å²) in [6.07, 6.45) is 1.65. The first kappa shape index (κ1) is 25.4. The van der Waals surface area contributed by atoms with Gasteiger partial charge in [0.1, 0.15) is 5.52 Å². The van der Waals surface area contributed by atoms with Crippen molar-refractivity contribution in [1.29, 1.82) is 0 Å². The summed E-state index contributed by atoms with van der Waals surface area (Å²) in [4.78, 5) is 34.8. The van der Waals surface area contributed by atoms with Crippen LogP contribution < -0.4 is 5.32 Å². The molecular formula is C29H36N4O4. The molecule has 2 aliphatic heterocycles. The third-order valence-corrected chi connectivity index (χ3v) is 7.71. The molecule has 8 nitrogen and oxygen atoms in total. The summed E-state index contributed by atoms with van der Waals surface area (Å²) in [6, 6.07) is 13.5. The van der Waals surface area contributed by atoms with E-state index in [1.54, 1.807) is 0 Å². The standard InChI is InChI=1S/C29H36N4O4/c1-20-3-5-23(6-4-20)28-31-25-19-24(7-8-26(25)37-28)29(35)33-12-9-22(10-13-33)21(2)27(34)30-11-14-32-15-17-36-18-16-32/h3-8,19,21-22H,9-18H2,1-2H3,(H,30,34)/t21-/m1/s1.